The number of nitrogens with zero attached hydrogens (tertiary/aromatic N) is 1. The van der Waals surface area contributed by atoms with Crippen molar-refractivity contribution in [2.24, 2.45) is 0 Å². The standard InChI is InChI=1S/C24H24N2O3S/c1-14-7-5-6-12-26(14)13-17-19(27)11-10-16-22(28)21(15(2)29-23(16)17)24-25-18-8-3-4-9-20(18)30-24/h3-4,8-11,14,27H,5-7,12-13H2,1-2H3/p+1/t14-/m1/s1. The minimum Gasteiger partial charge on any atom is -0.507 e. The molecule has 5 nitrogen and oxygen atoms in total. The molecule has 2 N–H and O–H groups in total. The van der Waals surface area contributed by atoms with Gasteiger partial charge in [-0.15, -0.1) is 11.3 Å². The normalized spacial score (nSPS) is 19.5. The Morgan fingerprint density at radius 1 is 1.23 bits per heavy atom. The largest absolute Gasteiger partial charge is 0.507 e. The van der Waals surface area contributed by atoms with Gasteiger partial charge in [0.2, 0.25) is 5.43 Å². The number of aromatic nitrogens is 1. The Labute approximate surface area is 178 Å². The molecule has 0 bridgehead atoms. The molecule has 1 aliphatic heterocycles. The van der Waals surface area contributed by atoms with Crippen LogP contribution < -0.4 is 10.3 Å². The number of rotatable bonds is 3. The van der Waals surface area contributed by atoms with Crippen LogP contribution in [-0.4, -0.2) is 22.7 Å². The Morgan fingerprint density at radius 2 is 2.07 bits per heavy atom. The zero-order valence-electron chi connectivity index (χ0n) is 17.2. The van der Waals surface area contributed by atoms with Gasteiger partial charge < -0.3 is 14.4 Å². The smallest absolute Gasteiger partial charge is 0.203 e. The molecule has 5 rings (SSSR count). The van der Waals surface area contributed by atoms with Crippen molar-refractivity contribution in [1.29, 1.82) is 0 Å². The van der Waals surface area contributed by atoms with Gasteiger partial charge in [-0.3, -0.25) is 4.79 Å². The molecule has 6 heteroatoms. The first-order valence-corrected chi connectivity index (χ1v) is 11.3. The zero-order chi connectivity index (χ0) is 20.8. The number of thiazole rings is 1. The fourth-order valence-corrected chi connectivity index (χ4v) is 5.61. The number of nitrogens with one attached hydrogen (secondary N) is 1. The summed E-state index contributed by atoms with van der Waals surface area (Å²) in [6.07, 6.45) is 3.63. The lowest BCUT2D eigenvalue weighted by molar-refractivity contribution is -0.941. The molecule has 0 radical (unpaired) electrons. The molecule has 0 saturated carbocycles. The molecule has 0 amide bonds. The summed E-state index contributed by atoms with van der Waals surface area (Å²) in [7, 11) is 0. The van der Waals surface area contributed by atoms with Crippen molar-refractivity contribution < 1.29 is 14.4 Å². The van der Waals surface area contributed by atoms with E-state index in [-0.39, 0.29) is 11.2 Å². The van der Waals surface area contributed by atoms with Gasteiger partial charge in [-0.25, -0.2) is 4.98 Å². The predicted octanol–water partition coefficient (Wildman–Crippen LogP) is 4.04. The average Bonchev–Trinajstić information content (AvgIpc) is 3.15. The lowest BCUT2D eigenvalue weighted by Crippen LogP contribution is -3.14. The van der Waals surface area contributed by atoms with Gasteiger partial charge in [0.05, 0.1) is 39.3 Å². The number of aryl methyl sites for hydroxylation is 1. The van der Waals surface area contributed by atoms with Crippen LogP contribution in [0.15, 0.2) is 45.6 Å². The molecule has 2 aromatic heterocycles. The second kappa shape index (κ2) is 7.52. The van der Waals surface area contributed by atoms with Crippen LogP contribution in [0, 0.1) is 6.92 Å². The molecule has 4 aromatic rings. The molecule has 30 heavy (non-hydrogen) atoms. The van der Waals surface area contributed by atoms with E-state index in [1.165, 1.54) is 35.5 Å². The molecule has 2 atom stereocenters. The second-order valence-electron chi connectivity index (χ2n) is 8.27. The van der Waals surface area contributed by atoms with Crippen molar-refractivity contribution in [2.45, 2.75) is 45.7 Å². The van der Waals surface area contributed by atoms with E-state index in [1.54, 1.807) is 12.1 Å². The lowest BCUT2D eigenvalue weighted by Gasteiger charge is -2.30. The summed E-state index contributed by atoms with van der Waals surface area (Å²) in [5.41, 5.74) is 2.54. The fraction of sp³-hybridized carbons (Fsp3) is 0.333. The molecule has 1 aliphatic rings. The number of aromatic hydroxyl groups is 1. The summed E-state index contributed by atoms with van der Waals surface area (Å²) in [4.78, 5) is 19.6. The number of phenolic OH excluding ortho intramolecular Hbond substituents is 1. The van der Waals surface area contributed by atoms with Crippen LogP contribution in [0.4, 0.5) is 0 Å². The van der Waals surface area contributed by atoms with E-state index in [2.05, 4.69) is 11.9 Å². The third-order valence-corrected chi connectivity index (χ3v) is 7.36. The van der Waals surface area contributed by atoms with Gasteiger partial charge >= 0.3 is 0 Å². The Balaban J connectivity index is 1.66. The fourth-order valence-electron chi connectivity index (χ4n) is 4.55. The Hall–Kier alpha value is -2.70. The Kier molecular flexibility index (Phi) is 4.83. The SMILES string of the molecule is Cc1oc2c(C[NH+]3CCCC[C@H]3C)c(O)ccc2c(=O)c1-c1nc2ccccc2s1. The topological polar surface area (TPSA) is 67.8 Å². The van der Waals surface area contributed by atoms with Gasteiger partial charge in [0.1, 0.15) is 23.1 Å². The summed E-state index contributed by atoms with van der Waals surface area (Å²) in [5, 5.41) is 11.8. The van der Waals surface area contributed by atoms with E-state index >= 15 is 0 Å². The summed E-state index contributed by atoms with van der Waals surface area (Å²) in [5.74, 6) is 0.739. The lowest BCUT2D eigenvalue weighted by atomic mass is 10.0. The Morgan fingerprint density at radius 3 is 2.87 bits per heavy atom. The Bertz CT molecular complexity index is 1270. The molecule has 1 fully saturated rings. The summed E-state index contributed by atoms with van der Waals surface area (Å²) >= 11 is 1.50. The van der Waals surface area contributed by atoms with E-state index in [1.807, 2.05) is 31.2 Å². The first kappa shape index (κ1) is 19.3. The summed E-state index contributed by atoms with van der Waals surface area (Å²) in [6, 6.07) is 11.7. The molecular formula is C24H25N2O3S+. The van der Waals surface area contributed by atoms with E-state index < -0.39 is 0 Å². The van der Waals surface area contributed by atoms with E-state index in [4.69, 9.17) is 4.42 Å². The first-order valence-electron chi connectivity index (χ1n) is 10.5. The molecule has 1 saturated heterocycles. The van der Waals surface area contributed by atoms with E-state index in [0.29, 0.717) is 39.9 Å². The van der Waals surface area contributed by atoms with Gasteiger partial charge in [0.25, 0.3) is 0 Å². The van der Waals surface area contributed by atoms with Crippen molar-refractivity contribution in [2.75, 3.05) is 6.54 Å². The summed E-state index contributed by atoms with van der Waals surface area (Å²) < 4.78 is 7.25. The first-order chi connectivity index (χ1) is 14.5. The third kappa shape index (κ3) is 3.20. The maximum absolute atomic E-state index is 13.5. The average molecular weight is 422 g/mol. The van der Waals surface area contributed by atoms with Gasteiger partial charge in [-0.2, -0.15) is 0 Å². The number of fused-ring (bicyclic) bond motifs is 2. The van der Waals surface area contributed by atoms with E-state index in [9.17, 15) is 9.90 Å². The molecule has 1 unspecified atom stereocenters. The van der Waals surface area contributed by atoms with Crippen LogP contribution in [0.1, 0.15) is 37.5 Å². The summed E-state index contributed by atoms with van der Waals surface area (Å²) in [6.45, 7) is 5.80. The van der Waals surface area contributed by atoms with Crippen LogP contribution in [0.25, 0.3) is 31.8 Å². The minimum atomic E-state index is -0.0873. The molecule has 0 aliphatic carbocycles. The molecule has 3 heterocycles. The van der Waals surface area contributed by atoms with Crippen molar-refractivity contribution in [1.82, 2.24) is 4.98 Å². The number of hydrogen-bond donors (Lipinski definition) is 2. The third-order valence-electron chi connectivity index (χ3n) is 6.31. The number of likely N-dealkylation sites (tertiary alicyclic amines) is 1. The monoisotopic (exact) mass is 421 g/mol. The van der Waals surface area contributed by atoms with Crippen molar-refractivity contribution in [3.8, 4) is 16.3 Å². The predicted molar refractivity (Wildman–Crippen MR) is 120 cm³/mol. The maximum atomic E-state index is 13.5. The van der Waals surface area contributed by atoms with Crippen molar-refractivity contribution in [3.05, 3.63) is 57.9 Å². The molecule has 154 valence electrons. The zero-order valence-corrected chi connectivity index (χ0v) is 18.0. The van der Waals surface area contributed by atoms with Crippen LogP contribution in [0.2, 0.25) is 0 Å². The van der Waals surface area contributed by atoms with Crippen LogP contribution >= 0.6 is 11.3 Å². The minimum absolute atomic E-state index is 0.0873. The van der Waals surface area contributed by atoms with Crippen LogP contribution in [0.3, 0.4) is 0 Å². The highest BCUT2D eigenvalue weighted by molar-refractivity contribution is 7.21. The van der Waals surface area contributed by atoms with Gasteiger partial charge in [-0.1, -0.05) is 12.1 Å². The highest BCUT2D eigenvalue weighted by atomic mass is 32.1. The van der Waals surface area contributed by atoms with Crippen LogP contribution in [-0.2, 0) is 6.54 Å². The quantitative estimate of drug-likeness (QED) is 0.524. The van der Waals surface area contributed by atoms with Gasteiger partial charge in [0.15, 0.2) is 5.58 Å². The number of piperidine rings is 1. The number of hydrogen-bond acceptors (Lipinski definition) is 5. The van der Waals surface area contributed by atoms with Gasteiger partial charge in [0, 0.05) is 0 Å². The second-order valence-corrected chi connectivity index (χ2v) is 9.30. The number of para-hydroxylation sites is 1. The number of benzene rings is 2. The molecule has 0 spiro atoms. The maximum Gasteiger partial charge on any atom is 0.203 e. The van der Waals surface area contributed by atoms with Crippen molar-refractivity contribution >= 4 is 32.5 Å². The van der Waals surface area contributed by atoms with E-state index in [0.717, 1.165) is 22.3 Å². The number of phenols is 1. The number of quaternary nitrogens is 1. The molecular weight excluding hydrogens is 396 g/mol. The highest BCUT2D eigenvalue weighted by Crippen LogP contribution is 2.33. The van der Waals surface area contributed by atoms with Gasteiger partial charge in [-0.05, 0) is 57.4 Å². The van der Waals surface area contributed by atoms with Crippen molar-refractivity contribution in [3.63, 3.8) is 0 Å². The molecule has 2 aromatic carbocycles. The van der Waals surface area contributed by atoms with Crippen LogP contribution in [0.5, 0.6) is 5.75 Å². The highest BCUT2D eigenvalue weighted by Gasteiger charge is 2.26.